The summed E-state index contributed by atoms with van der Waals surface area (Å²) in [5, 5.41) is 0. The van der Waals surface area contributed by atoms with E-state index in [4.69, 9.17) is 4.74 Å². The first kappa shape index (κ1) is 14.9. The molecule has 2 aliphatic heterocycles. The van der Waals surface area contributed by atoms with Crippen LogP contribution in [0.4, 0.5) is 5.95 Å². The molecule has 0 bridgehead atoms. The predicted octanol–water partition coefficient (Wildman–Crippen LogP) is 1.47. The zero-order valence-electron chi connectivity index (χ0n) is 13.4. The first-order valence-corrected chi connectivity index (χ1v) is 8.77. The van der Waals surface area contributed by atoms with Crippen LogP contribution >= 0.6 is 0 Å². The molecule has 0 unspecified atom stereocenters. The smallest absolute Gasteiger partial charge is 0.225 e. The molecule has 1 aliphatic carbocycles. The number of nitrogens with zero attached hydrogens (tertiary/aromatic N) is 4. The first-order valence-electron chi connectivity index (χ1n) is 8.77. The van der Waals surface area contributed by atoms with Crippen LogP contribution in [0.1, 0.15) is 32.1 Å². The molecule has 4 rings (SSSR count). The molecule has 2 saturated heterocycles. The van der Waals surface area contributed by atoms with Gasteiger partial charge in [0.2, 0.25) is 11.9 Å². The van der Waals surface area contributed by atoms with E-state index in [0.717, 1.165) is 31.9 Å². The van der Waals surface area contributed by atoms with Gasteiger partial charge >= 0.3 is 0 Å². The average Bonchev–Trinajstić information content (AvgIpc) is 3.06. The van der Waals surface area contributed by atoms with Gasteiger partial charge in [-0.1, -0.05) is 19.3 Å². The van der Waals surface area contributed by atoms with E-state index in [1.54, 1.807) is 12.4 Å². The van der Waals surface area contributed by atoms with Crippen LogP contribution in [-0.4, -0.2) is 59.2 Å². The van der Waals surface area contributed by atoms with E-state index in [1.165, 1.54) is 19.3 Å². The minimum absolute atomic E-state index is 0.0834. The van der Waals surface area contributed by atoms with Crippen LogP contribution < -0.4 is 4.90 Å². The third-order valence-electron chi connectivity index (χ3n) is 5.38. The minimum Gasteiger partial charge on any atom is -0.372 e. The van der Waals surface area contributed by atoms with Gasteiger partial charge in [-0.15, -0.1) is 0 Å². The lowest BCUT2D eigenvalue weighted by Crippen LogP contribution is -2.51. The maximum Gasteiger partial charge on any atom is 0.225 e. The van der Waals surface area contributed by atoms with Crippen LogP contribution in [-0.2, 0) is 9.53 Å². The summed E-state index contributed by atoms with van der Waals surface area (Å²) in [7, 11) is 0. The van der Waals surface area contributed by atoms with Gasteiger partial charge in [0.15, 0.2) is 0 Å². The normalized spacial score (nSPS) is 28.7. The number of ether oxygens (including phenoxy) is 1. The van der Waals surface area contributed by atoms with Crippen molar-refractivity contribution in [2.24, 2.45) is 5.92 Å². The SMILES string of the molecule is O=C(C1CCCCC1)N1C[C@@H]2OCCN(c3ncccn3)[C@@H]2C1. The van der Waals surface area contributed by atoms with Crippen LogP contribution in [0.5, 0.6) is 0 Å². The number of amides is 1. The number of anilines is 1. The molecule has 0 spiro atoms. The van der Waals surface area contributed by atoms with Crippen LogP contribution in [0, 0.1) is 5.92 Å². The second-order valence-electron chi connectivity index (χ2n) is 6.80. The Bertz CT molecular complexity index is 547. The Morgan fingerprint density at radius 3 is 2.70 bits per heavy atom. The van der Waals surface area contributed by atoms with Gasteiger partial charge in [0, 0.05) is 37.9 Å². The maximum atomic E-state index is 12.8. The van der Waals surface area contributed by atoms with E-state index in [9.17, 15) is 4.79 Å². The molecule has 0 radical (unpaired) electrons. The molecule has 0 aromatic carbocycles. The predicted molar refractivity (Wildman–Crippen MR) is 86.1 cm³/mol. The number of aromatic nitrogens is 2. The third kappa shape index (κ3) is 2.92. The van der Waals surface area contributed by atoms with Crippen LogP contribution in [0.15, 0.2) is 18.5 Å². The number of rotatable bonds is 2. The van der Waals surface area contributed by atoms with Crippen LogP contribution in [0.2, 0.25) is 0 Å². The molecule has 124 valence electrons. The summed E-state index contributed by atoms with van der Waals surface area (Å²) in [4.78, 5) is 25.8. The summed E-state index contributed by atoms with van der Waals surface area (Å²) in [6.45, 7) is 2.91. The zero-order valence-corrected chi connectivity index (χ0v) is 13.4. The minimum atomic E-state index is 0.0834. The van der Waals surface area contributed by atoms with Crippen molar-refractivity contribution in [1.82, 2.24) is 14.9 Å². The largest absolute Gasteiger partial charge is 0.372 e. The van der Waals surface area contributed by atoms with Crippen molar-refractivity contribution in [2.75, 3.05) is 31.1 Å². The molecule has 0 N–H and O–H groups in total. The van der Waals surface area contributed by atoms with Gasteiger partial charge in [0.25, 0.3) is 0 Å². The van der Waals surface area contributed by atoms with Crippen molar-refractivity contribution in [3.8, 4) is 0 Å². The molecule has 1 aromatic rings. The summed E-state index contributed by atoms with van der Waals surface area (Å²) >= 11 is 0. The summed E-state index contributed by atoms with van der Waals surface area (Å²) in [6.07, 6.45) is 9.39. The molecule has 23 heavy (non-hydrogen) atoms. The highest BCUT2D eigenvalue weighted by Gasteiger charge is 2.43. The average molecular weight is 316 g/mol. The summed E-state index contributed by atoms with van der Waals surface area (Å²) < 4.78 is 5.93. The number of carbonyl (C=O) groups excluding carboxylic acids is 1. The summed E-state index contributed by atoms with van der Waals surface area (Å²) in [6, 6.07) is 2.01. The maximum absolute atomic E-state index is 12.8. The van der Waals surface area contributed by atoms with Gasteiger partial charge in [-0.05, 0) is 18.9 Å². The summed E-state index contributed by atoms with van der Waals surface area (Å²) in [5.74, 6) is 1.31. The highest BCUT2D eigenvalue weighted by molar-refractivity contribution is 5.79. The Hall–Kier alpha value is -1.69. The Kier molecular flexibility index (Phi) is 4.16. The second kappa shape index (κ2) is 6.43. The van der Waals surface area contributed by atoms with E-state index >= 15 is 0 Å². The molecule has 3 aliphatic rings. The summed E-state index contributed by atoms with van der Waals surface area (Å²) in [5.41, 5.74) is 0. The monoisotopic (exact) mass is 316 g/mol. The first-order chi connectivity index (χ1) is 11.3. The number of likely N-dealkylation sites (tertiary alicyclic amines) is 1. The lowest BCUT2D eigenvalue weighted by molar-refractivity contribution is -0.136. The highest BCUT2D eigenvalue weighted by atomic mass is 16.5. The van der Waals surface area contributed by atoms with Gasteiger partial charge in [-0.2, -0.15) is 0 Å². The van der Waals surface area contributed by atoms with Crippen molar-refractivity contribution in [3.05, 3.63) is 18.5 Å². The van der Waals surface area contributed by atoms with E-state index in [1.807, 2.05) is 11.0 Å². The zero-order chi connectivity index (χ0) is 15.6. The highest BCUT2D eigenvalue weighted by Crippen LogP contribution is 2.30. The molecule has 1 amide bonds. The van der Waals surface area contributed by atoms with Crippen molar-refractivity contribution >= 4 is 11.9 Å². The Morgan fingerprint density at radius 2 is 1.91 bits per heavy atom. The van der Waals surface area contributed by atoms with Crippen molar-refractivity contribution < 1.29 is 9.53 Å². The van der Waals surface area contributed by atoms with Crippen molar-refractivity contribution in [3.63, 3.8) is 0 Å². The third-order valence-corrected chi connectivity index (χ3v) is 5.38. The van der Waals surface area contributed by atoms with Crippen LogP contribution in [0.3, 0.4) is 0 Å². The molecule has 1 aromatic heterocycles. The standard InChI is InChI=1S/C17H24N4O2/c22-16(13-5-2-1-3-6-13)20-11-14-15(12-20)23-10-9-21(14)17-18-7-4-8-19-17/h4,7-8,13-15H,1-3,5-6,9-12H2/t14-,15+/m1/s1. The fraction of sp³-hybridized carbons (Fsp3) is 0.706. The molecular formula is C17H24N4O2. The Labute approximate surface area is 136 Å². The van der Waals surface area contributed by atoms with Gasteiger partial charge in [0.05, 0.1) is 18.8 Å². The number of hydrogen-bond donors (Lipinski definition) is 0. The molecule has 3 heterocycles. The number of fused-ring (bicyclic) bond motifs is 1. The topological polar surface area (TPSA) is 58.6 Å². The van der Waals surface area contributed by atoms with Gasteiger partial charge in [0.1, 0.15) is 0 Å². The number of carbonyl (C=O) groups is 1. The molecule has 3 fully saturated rings. The molecule has 1 saturated carbocycles. The fourth-order valence-electron chi connectivity index (χ4n) is 4.16. The van der Waals surface area contributed by atoms with Gasteiger partial charge < -0.3 is 14.5 Å². The lowest BCUT2D eigenvalue weighted by atomic mass is 9.88. The Balaban J connectivity index is 1.47. The van der Waals surface area contributed by atoms with Crippen LogP contribution in [0.25, 0.3) is 0 Å². The molecule has 2 atom stereocenters. The Morgan fingerprint density at radius 1 is 1.13 bits per heavy atom. The lowest BCUT2D eigenvalue weighted by Gasteiger charge is -2.36. The molecular weight excluding hydrogens is 292 g/mol. The van der Waals surface area contributed by atoms with E-state index in [0.29, 0.717) is 19.1 Å². The molecule has 6 heteroatoms. The van der Waals surface area contributed by atoms with Gasteiger partial charge in [-0.25, -0.2) is 9.97 Å². The quantitative estimate of drug-likeness (QED) is 0.827. The number of hydrogen-bond acceptors (Lipinski definition) is 5. The second-order valence-corrected chi connectivity index (χ2v) is 6.80. The van der Waals surface area contributed by atoms with Gasteiger partial charge in [-0.3, -0.25) is 4.79 Å². The van der Waals surface area contributed by atoms with E-state index in [-0.39, 0.29) is 18.1 Å². The fourth-order valence-corrected chi connectivity index (χ4v) is 4.16. The van der Waals surface area contributed by atoms with E-state index < -0.39 is 0 Å². The van der Waals surface area contributed by atoms with Crippen molar-refractivity contribution in [2.45, 2.75) is 44.2 Å². The van der Waals surface area contributed by atoms with E-state index in [2.05, 4.69) is 14.9 Å². The molecule has 6 nitrogen and oxygen atoms in total. The number of morpholine rings is 1. The van der Waals surface area contributed by atoms with Crippen molar-refractivity contribution in [1.29, 1.82) is 0 Å².